The first-order valence-electron chi connectivity index (χ1n) is 8.79. The zero-order valence-electron chi connectivity index (χ0n) is 15.4. The predicted molar refractivity (Wildman–Crippen MR) is 97.3 cm³/mol. The third-order valence-corrected chi connectivity index (χ3v) is 4.80. The van der Waals surface area contributed by atoms with E-state index in [2.05, 4.69) is 48.4 Å². The number of methoxy groups -OCH3 is 1. The van der Waals surface area contributed by atoms with Gasteiger partial charge in [0, 0.05) is 33.3 Å². The Hall–Kier alpha value is -1.59. The van der Waals surface area contributed by atoms with Crippen molar-refractivity contribution in [2.75, 3.05) is 39.9 Å². The summed E-state index contributed by atoms with van der Waals surface area (Å²) >= 11 is 0. The molecule has 1 saturated heterocycles. The molecule has 134 valence electrons. The molecule has 0 spiro atoms. The minimum Gasteiger partial charge on any atom is -0.383 e. The van der Waals surface area contributed by atoms with Gasteiger partial charge in [0.25, 0.3) is 0 Å². The average Bonchev–Trinajstić information content (AvgIpc) is 2.97. The second-order valence-electron chi connectivity index (χ2n) is 6.89. The SMILES string of the molecule is COCCN1CC[C@H](CNC(=O)NCc2c(C)cc(C)cc2C)C1. The summed E-state index contributed by atoms with van der Waals surface area (Å²) in [6, 6.07) is 4.24. The van der Waals surface area contributed by atoms with Gasteiger partial charge in [0.05, 0.1) is 6.61 Å². The Bertz CT molecular complexity index is 537. The molecule has 0 radical (unpaired) electrons. The summed E-state index contributed by atoms with van der Waals surface area (Å²) in [4.78, 5) is 14.5. The summed E-state index contributed by atoms with van der Waals surface area (Å²) in [5.41, 5.74) is 4.94. The molecule has 24 heavy (non-hydrogen) atoms. The highest BCUT2D eigenvalue weighted by molar-refractivity contribution is 5.73. The van der Waals surface area contributed by atoms with Gasteiger partial charge in [0.2, 0.25) is 0 Å². The van der Waals surface area contributed by atoms with E-state index in [1.807, 2.05) is 0 Å². The highest BCUT2D eigenvalue weighted by atomic mass is 16.5. The van der Waals surface area contributed by atoms with E-state index >= 15 is 0 Å². The largest absolute Gasteiger partial charge is 0.383 e. The van der Waals surface area contributed by atoms with Crippen LogP contribution in [0.2, 0.25) is 0 Å². The molecular formula is C19H31N3O2. The van der Waals surface area contributed by atoms with Crippen LogP contribution in [0.1, 0.15) is 28.7 Å². The van der Waals surface area contributed by atoms with E-state index in [0.717, 1.165) is 39.2 Å². The lowest BCUT2D eigenvalue weighted by atomic mass is 10.00. The molecule has 2 rings (SSSR count). The number of likely N-dealkylation sites (tertiary alicyclic amines) is 1. The molecule has 5 nitrogen and oxygen atoms in total. The summed E-state index contributed by atoms with van der Waals surface area (Å²) in [5.74, 6) is 0.537. The van der Waals surface area contributed by atoms with Crippen molar-refractivity contribution in [1.82, 2.24) is 15.5 Å². The number of aryl methyl sites for hydroxylation is 3. The lowest BCUT2D eigenvalue weighted by molar-refractivity contribution is 0.159. The summed E-state index contributed by atoms with van der Waals surface area (Å²) < 4.78 is 5.12. The Morgan fingerprint density at radius 2 is 1.96 bits per heavy atom. The van der Waals surface area contributed by atoms with E-state index in [1.54, 1.807) is 7.11 Å². The van der Waals surface area contributed by atoms with Gasteiger partial charge in [-0.05, 0) is 56.3 Å². The molecule has 1 heterocycles. The number of hydrogen-bond donors (Lipinski definition) is 2. The fraction of sp³-hybridized carbons (Fsp3) is 0.632. The number of carbonyl (C=O) groups is 1. The first-order valence-corrected chi connectivity index (χ1v) is 8.79. The molecule has 2 N–H and O–H groups in total. The van der Waals surface area contributed by atoms with Crippen LogP contribution in [0, 0.1) is 26.7 Å². The Balaban J connectivity index is 1.71. The first-order chi connectivity index (χ1) is 11.5. The van der Waals surface area contributed by atoms with Gasteiger partial charge in [0.15, 0.2) is 0 Å². The van der Waals surface area contributed by atoms with Crippen molar-refractivity contribution < 1.29 is 9.53 Å². The molecule has 0 aromatic heterocycles. The van der Waals surface area contributed by atoms with Crippen molar-refractivity contribution >= 4 is 6.03 Å². The number of amides is 2. The number of ether oxygens (including phenoxy) is 1. The quantitative estimate of drug-likeness (QED) is 0.805. The number of carbonyl (C=O) groups excluding carboxylic acids is 1. The number of nitrogens with one attached hydrogen (secondary N) is 2. The second kappa shape index (κ2) is 9.04. The third kappa shape index (κ3) is 5.49. The van der Waals surface area contributed by atoms with Gasteiger partial charge in [-0.15, -0.1) is 0 Å². The second-order valence-corrected chi connectivity index (χ2v) is 6.89. The van der Waals surface area contributed by atoms with Crippen LogP contribution in [-0.2, 0) is 11.3 Å². The molecule has 1 aliphatic rings. The van der Waals surface area contributed by atoms with Crippen molar-refractivity contribution in [2.45, 2.75) is 33.7 Å². The Morgan fingerprint density at radius 3 is 2.62 bits per heavy atom. The minimum atomic E-state index is -0.0790. The number of urea groups is 1. The van der Waals surface area contributed by atoms with Gasteiger partial charge < -0.3 is 20.3 Å². The van der Waals surface area contributed by atoms with Crippen molar-refractivity contribution in [1.29, 1.82) is 0 Å². The van der Waals surface area contributed by atoms with Crippen LogP contribution < -0.4 is 10.6 Å². The van der Waals surface area contributed by atoms with Crippen molar-refractivity contribution in [3.8, 4) is 0 Å². The minimum absolute atomic E-state index is 0.0790. The van der Waals surface area contributed by atoms with E-state index in [1.165, 1.54) is 22.3 Å². The van der Waals surface area contributed by atoms with Crippen LogP contribution in [0.5, 0.6) is 0 Å². The van der Waals surface area contributed by atoms with Crippen LogP contribution in [0.25, 0.3) is 0 Å². The van der Waals surface area contributed by atoms with Crippen LogP contribution in [0.3, 0.4) is 0 Å². The molecular weight excluding hydrogens is 302 g/mol. The third-order valence-electron chi connectivity index (χ3n) is 4.80. The smallest absolute Gasteiger partial charge is 0.315 e. The number of nitrogens with zero attached hydrogens (tertiary/aromatic N) is 1. The maximum Gasteiger partial charge on any atom is 0.315 e. The van der Waals surface area contributed by atoms with Crippen molar-refractivity contribution in [3.63, 3.8) is 0 Å². The topological polar surface area (TPSA) is 53.6 Å². The molecule has 0 bridgehead atoms. The lowest BCUT2D eigenvalue weighted by Crippen LogP contribution is -2.38. The number of rotatable bonds is 7. The average molecular weight is 333 g/mol. The fourth-order valence-corrected chi connectivity index (χ4v) is 3.46. The van der Waals surface area contributed by atoms with Gasteiger partial charge in [-0.3, -0.25) is 0 Å². The highest BCUT2D eigenvalue weighted by Crippen LogP contribution is 2.16. The predicted octanol–water partition coefficient (Wildman–Crippen LogP) is 2.38. The van der Waals surface area contributed by atoms with Gasteiger partial charge in [-0.25, -0.2) is 4.79 Å². The van der Waals surface area contributed by atoms with Gasteiger partial charge in [-0.2, -0.15) is 0 Å². The summed E-state index contributed by atoms with van der Waals surface area (Å²) in [5, 5.41) is 6.00. The fourth-order valence-electron chi connectivity index (χ4n) is 3.46. The number of benzene rings is 1. The molecule has 5 heteroatoms. The van der Waals surface area contributed by atoms with Crippen molar-refractivity contribution in [3.05, 3.63) is 34.4 Å². The normalized spacial score (nSPS) is 17.9. The summed E-state index contributed by atoms with van der Waals surface area (Å²) in [6.07, 6.45) is 1.14. The molecule has 2 amide bonds. The molecule has 0 aliphatic carbocycles. The van der Waals surface area contributed by atoms with Gasteiger partial charge >= 0.3 is 6.03 Å². The van der Waals surface area contributed by atoms with Crippen LogP contribution >= 0.6 is 0 Å². The van der Waals surface area contributed by atoms with Crippen LogP contribution in [0.4, 0.5) is 4.79 Å². The van der Waals surface area contributed by atoms with Gasteiger partial charge in [-0.1, -0.05) is 17.7 Å². The first kappa shape index (κ1) is 18.7. The van der Waals surface area contributed by atoms with E-state index < -0.39 is 0 Å². The molecule has 1 aliphatic heterocycles. The van der Waals surface area contributed by atoms with E-state index in [4.69, 9.17) is 4.74 Å². The van der Waals surface area contributed by atoms with Crippen LogP contribution in [-0.4, -0.2) is 50.8 Å². The number of hydrogen-bond acceptors (Lipinski definition) is 3. The molecule has 1 aromatic carbocycles. The molecule has 1 fully saturated rings. The van der Waals surface area contributed by atoms with Crippen LogP contribution in [0.15, 0.2) is 12.1 Å². The lowest BCUT2D eigenvalue weighted by Gasteiger charge is -2.16. The summed E-state index contributed by atoms with van der Waals surface area (Å²) in [6.45, 7) is 11.5. The molecule has 1 atom stereocenters. The van der Waals surface area contributed by atoms with E-state index in [0.29, 0.717) is 12.5 Å². The monoisotopic (exact) mass is 333 g/mol. The van der Waals surface area contributed by atoms with Gasteiger partial charge in [0.1, 0.15) is 0 Å². The molecule has 0 saturated carbocycles. The van der Waals surface area contributed by atoms with E-state index in [9.17, 15) is 4.79 Å². The Kier molecular flexibility index (Phi) is 7.06. The zero-order chi connectivity index (χ0) is 17.5. The molecule has 1 aromatic rings. The standard InChI is InChI=1S/C19H31N3O2/c1-14-9-15(2)18(16(3)10-14)12-21-19(23)20-11-17-5-6-22(13-17)7-8-24-4/h9-10,17H,5-8,11-13H2,1-4H3,(H2,20,21,23)/t17-/m1/s1. The maximum atomic E-state index is 12.1. The highest BCUT2D eigenvalue weighted by Gasteiger charge is 2.22. The Morgan fingerprint density at radius 1 is 1.25 bits per heavy atom. The summed E-state index contributed by atoms with van der Waals surface area (Å²) in [7, 11) is 1.73. The maximum absolute atomic E-state index is 12.1. The molecule has 0 unspecified atom stereocenters. The zero-order valence-corrected chi connectivity index (χ0v) is 15.4. The van der Waals surface area contributed by atoms with E-state index in [-0.39, 0.29) is 6.03 Å². The Labute approximate surface area is 145 Å². The van der Waals surface area contributed by atoms with Crippen molar-refractivity contribution in [2.24, 2.45) is 5.92 Å².